The van der Waals surface area contributed by atoms with Gasteiger partial charge in [-0.05, 0) is 19.3 Å². The Morgan fingerprint density at radius 3 is 1.36 bits per heavy atom. The lowest BCUT2D eigenvalue weighted by atomic mass is 10.0. The van der Waals surface area contributed by atoms with Crippen LogP contribution in [0.4, 0.5) is 0 Å². The average molecular weight is 354 g/mol. The van der Waals surface area contributed by atoms with Gasteiger partial charge >= 0.3 is 0 Å². The van der Waals surface area contributed by atoms with Crippen LogP contribution in [0.15, 0.2) is 0 Å². The Morgan fingerprint density at radius 1 is 0.640 bits per heavy atom. The fourth-order valence-corrected chi connectivity index (χ4v) is 3.15. The molecule has 0 spiro atoms. The molecule has 0 saturated heterocycles. The van der Waals surface area contributed by atoms with Crippen LogP contribution in [-0.2, 0) is 4.79 Å². The van der Waals surface area contributed by atoms with Gasteiger partial charge < -0.3 is 5.32 Å². The van der Waals surface area contributed by atoms with E-state index in [0.29, 0.717) is 18.4 Å². The minimum Gasteiger partial charge on any atom is -0.353 e. The summed E-state index contributed by atoms with van der Waals surface area (Å²) in [6.45, 7) is 8.68. The van der Waals surface area contributed by atoms with Crippen LogP contribution in [0.3, 0.4) is 0 Å². The van der Waals surface area contributed by atoms with Crippen molar-refractivity contribution in [1.82, 2.24) is 5.32 Å². The molecule has 0 aliphatic heterocycles. The lowest BCUT2D eigenvalue weighted by Gasteiger charge is -2.17. The zero-order valence-corrected chi connectivity index (χ0v) is 17.9. The summed E-state index contributed by atoms with van der Waals surface area (Å²) < 4.78 is 0. The van der Waals surface area contributed by atoms with Gasteiger partial charge in [0.1, 0.15) is 0 Å². The molecule has 2 heteroatoms. The van der Waals surface area contributed by atoms with Crippen molar-refractivity contribution < 1.29 is 4.79 Å². The van der Waals surface area contributed by atoms with Crippen LogP contribution in [0.2, 0.25) is 0 Å². The SMILES string of the molecule is CCCCCCCCCCCCCCCCCC(=O)NC(C)C(C)C. The topological polar surface area (TPSA) is 29.1 Å². The summed E-state index contributed by atoms with van der Waals surface area (Å²) >= 11 is 0. The predicted molar refractivity (Wildman–Crippen MR) is 112 cm³/mol. The number of unbranched alkanes of at least 4 members (excludes halogenated alkanes) is 14. The van der Waals surface area contributed by atoms with Crippen LogP contribution in [0, 0.1) is 5.92 Å². The van der Waals surface area contributed by atoms with Crippen molar-refractivity contribution >= 4 is 5.91 Å². The third-order valence-corrected chi connectivity index (χ3v) is 5.40. The van der Waals surface area contributed by atoms with Crippen LogP contribution in [-0.4, -0.2) is 11.9 Å². The van der Waals surface area contributed by atoms with E-state index in [9.17, 15) is 4.79 Å². The highest BCUT2D eigenvalue weighted by Gasteiger charge is 2.09. The van der Waals surface area contributed by atoms with E-state index in [4.69, 9.17) is 0 Å². The van der Waals surface area contributed by atoms with Gasteiger partial charge in [-0.3, -0.25) is 4.79 Å². The summed E-state index contributed by atoms with van der Waals surface area (Å²) in [6.07, 6.45) is 21.2. The number of nitrogens with one attached hydrogen (secondary N) is 1. The minimum atomic E-state index is 0.232. The molecular formula is C23H47NO. The number of rotatable bonds is 18. The second kappa shape index (κ2) is 18.3. The molecule has 0 aliphatic rings. The monoisotopic (exact) mass is 353 g/mol. The highest BCUT2D eigenvalue weighted by molar-refractivity contribution is 5.76. The molecule has 0 fully saturated rings. The quantitative estimate of drug-likeness (QED) is 0.255. The maximum absolute atomic E-state index is 11.8. The molecule has 0 bridgehead atoms. The fraction of sp³-hybridized carbons (Fsp3) is 0.957. The van der Waals surface area contributed by atoms with Crippen molar-refractivity contribution in [2.75, 3.05) is 0 Å². The predicted octanol–water partition coefficient (Wildman–Crippen LogP) is 7.41. The van der Waals surface area contributed by atoms with Crippen molar-refractivity contribution in [3.8, 4) is 0 Å². The molecule has 1 N–H and O–H groups in total. The van der Waals surface area contributed by atoms with Crippen LogP contribution >= 0.6 is 0 Å². The van der Waals surface area contributed by atoms with Gasteiger partial charge in [0.25, 0.3) is 0 Å². The Balaban J connectivity index is 3.17. The van der Waals surface area contributed by atoms with E-state index in [1.165, 1.54) is 89.9 Å². The van der Waals surface area contributed by atoms with Gasteiger partial charge in [0.15, 0.2) is 0 Å². The maximum atomic E-state index is 11.8. The third-order valence-electron chi connectivity index (χ3n) is 5.40. The van der Waals surface area contributed by atoms with E-state index in [1.54, 1.807) is 0 Å². The first kappa shape index (κ1) is 24.5. The summed E-state index contributed by atoms with van der Waals surface area (Å²) in [5, 5.41) is 3.09. The van der Waals surface area contributed by atoms with Crippen LogP contribution in [0.25, 0.3) is 0 Å². The molecule has 0 rings (SSSR count). The number of amides is 1. The molecule has 1 unspecified atom stereocenters. The zero-order chi connectivity index (χ0) is 18.8. The molecule has 0 saturated carbocycles. The van der Waals surface area contributed by atoms with Crippen molar-refractivity contribution in [2.45, 2.75) is 136 Å². The van der Waals surface area contributed by atoms with Gasteiger partial charge in [0, 0.05) is 12.5 Å². The Labute approximate surface area is 158 Å². The summed E-state index contributed by atoms with van der Waals surface area (Å²) in [5.74, 6) is 0.751. The Kier molecular flexibility index (Phi) is 17.9. The Bertz CT molecular complexity index is 288. The standard InChI is InChI=1S/C23H47NO/c1-5-6-7-8-9-10-11-12-13-14-15-16-17-18-19-20-23(25)24-22(4)21(2)3/h21-22H,5-20H2,1-4H3,(H,24,25). The average Bonchev–Trinajstić information content (AvgIpc) is 2.58. The Hall–Kier alpha value is -0.530. The normalized spacial score (nSPS) is 12.5. The summed E-state index contributed by atoms with van der Waals surface area (Å²) in [7, 11) is 0. The molecule has 1 amide bonds. The van der Waals surface area contributed by atoms with Gasteiger partial charge in [0.2, 0.25) is 5.91 Å². The van der Waals surface area contributed by atoms with Crippen molar-refractivity contribution in [3.05, 3.63) is 0 Å². The number of carbonyl (C=O) groups excluding carboxylic acids is 1. The molecule has 0 aromatic heterocycles. The summed E-state index contributed by atoms with van der Waals surface area (Å²) in [5.41, 5.74) is 0. The molecule has 0 aromatic carbocycles. The van der Waals surface area contributed by atoms with E-state index in [2.05, 4.69) is 33.0 Å². The van der Waals surface area contributed by atoms with Crippen molar-refractivity contribution in [3.63, 3.8) is 0 Å². The first-order valence-corrected chi connectivity index (χ1v) is 11.4. The van der Waals surface area contributed by atoms with E-state index in [0.717, 1.165) is 6.42 Å². The van der Waals surface area contributed by atoms with E-state index < -0.39 is 0 Å². The molecule has 2 nitrogen and oxygen atoms in total. The molecule has 150 valence electrons. The smallest absolute Gasteiger partial charge is 0.220 e. The second-order valence-corrected chi connectivity index (χ2v) is 8.30. The molecule has 1 atom stereocenters. The number of hydrogen-bond acceptors (Lipinski definition) is 1. The van der Waals surface area contributed by atoms with E-state index in [-0.39, 0.29) is 5.91 Å². The van der Waals surface area contributed by atoms with Crippen LogP contribution < -0.4 is 5.32 Å². The largest absolute Gasteiger partial charge is 0.353 e. The third kappa shape index (κ3) is 18.1. The van der Waals surface area contributed by atoms with Crippen molar-refractivity contribution in [2.24, 2.45) is 5.92 Å². The molecule has 0 heterocycles. The van der Waals surface area contributed by atoms with Gasteiger partial charge in [0.05, 0.1) is 0 Å². The lowest BCUT2D eigenvalue weighted by Crippen LogP contribution is -2.35. The van der Waals surface area contributed by atoms with Gasteiger partial charge in [-0.2, -0.15) is 0 Å². The fourth-order valence-electron chi connectivity index (χ4n) is 3.15. The highest BCUT2D eigenvalue weighted by Crippen LogP contribution is 2.13. The summed E-state index contributed by atoms with van der Waals surface area (Å²) in [6, 6.07) is 0.295. The maximum Gasteiger partial charge on any atom is 0.220 e. The van der Waals surface area contributed by atoms with Crippen LogP contribution in [0.5, 0.6) is 0 Å². The van der Waals surface area contributed by atoms with Crippen molar-refractivity contribution in [1.29, 1.82) is 0 Å². The molecule has 0 aromatic rings. The molecule has 25 heavy (non-hydrogen) atoms. The number of carbonyl (C=O) groups is 1. The second-order valence-electron chi connectivity index (χ2n) is 8.30. The lowest BCUT2D eigenvalue weighted by molar-refractivity contribution is -0.122. The van der Waals surface area contributed by atoms with Gasteiger partial charge in [-0.1, -0.05) is 111 Å². The Morgan fingerprint density at radius 2 is 1.00 bits per heavy atom. The van der Waals surface area contributed by atoms with Gasteiger partial charge in [-0.15, -0.1) is 0 Å². The first-order valence-electron chi connectivity index (χ1n) is 11.4. The molecular weight excluding hydrogens is 306 g/mol. The zero-order valence-electron chi connectivity index (χ0n) is 17.9. The summed E-state index contributed by atoms with van der Waals surface area (Å²) in [4.78, 5) is 11.8. The minimum absolute atomic E-state index is 0.232. The highest BCUT2D eigenvalue weighted by atomic mass is 16.1. The number of hydrogen-bond donors (Lipinski definition) is 1. The van der Waals surface area contributed by atoms with E-state index >= 15 is 0 Å². The molecule has 0 aliphatic carbocycles. The van der Waals surface area contributed by atoms with E-state index in [1.807, 2.05) is 0 Å². The molecule has 0 radical (unpaired) electrons. The van der Waals surface area contributed by atoms with Gasteiger partial charge in [-0.25, -0.2) is 0 Å². The first-order chi connectivity index (χ1) is 12.1. The van der Waals surface area contributed by atoms with Crippen LogP contribution in [0.1, 0.15) is 130 Å².